The lowest BCUT2D eigenvalue weighted by Crippen LogP contribution is -2.15. The van der Waals surface area contributed by atoms with Crippen molar-refractivity contribution in [3.63, 3.8) is 0 Å². The summed E-state index contributed by atoms with van der Waals surface area (Å²) in [5, 5.41) is 3.29. The number of aryl methyl sites for hydroxylation is 1. The molecule has 2 aromatic carbocycles. The van der Waals surface area contributed by atoms with E-state index in [-0.39, 0.29) is 5.91 Å². The Kier molecular flexibility index (Phi) is 4.38. The number of nitrogens with zero attached hydrogens (tertiary/aromatic N) is 1. The fourth-order valence-corrected chi connectivity index (χ4v) is 2.12. The maximum atomic E-state index is 12.3. The summed E-state index contributed by atoms with van der Waals surface area (Å²) in [6, 6.07) is 10.8. The molecule has 0 saturated carbocycles. The Bertz CT molecular complexity index is 683. The lowest BCUT2D eigenvalue weighted by Gasteiger charge is -2.14. The molecule has 0 heterocycles. The van der Waals surface area contributed by atoms with Gasteiger partial charge < -0.3 is 16.0 Å². The summed E-state index contributed by atoms with van der Waals surface area (Å²) < 4.78 is 0. The minimum atomic E-state index is -0.178. The van der Waals surface area contributed by atoms with Crippen LogP contribution in [-0.4, -0.2) is 20.0 Å². The van der Waals surface area contributed by atoms with E-state index in [1.54, 1.807) is 18.2 Å². The van der Waals surface area contributed by atoms with Gasteiger partial charge in [-0.15, -0.1) is 0 Å². The van der Waals surface area contributed by atoms with Gasteiger partial charge in [-0.05, 0) is 42.8 Å². The Hall–Kier alpha value is -2.20. The smallest absolute Gasteiger partial charge is 0.255 e. The van der Waals surface area contributed by atoms with Crippen molar-refractivity contribution in [2.24, 2.45) is 0 Å². The van der Waals surface area contributed by atoms with Gasteiger partial charge in [0.1, 0.15) is 0 Å². The molecule has 0 aromatic heterocycles. The molecule has 0 spiro atoms. The fraction of sp³-hybridized carbons (Fsp3) is 0.188. The number of nitrogens with one attached hydrogen (secondary N) is 1. The average molecular weight is 304 g/mol. The lowest BCUT2D eigenvalue weighted by atomic mass is 10.1. The topological polar surface area (TPSA) is 58.4 Å². The van der Waals surface area contributed by atoms with E-state index >= 15 is 0 Å². The third kappa shape index (κ3) is 3.47. The summed E-state index contributed by atoms with van der Waals surface area (Å²) in [6.07, 6.45) is 0. The van der Waals surface area contributed by atoms with Crippen LogP contribution in [0.3, 0.4) is 0 Å². The van der Waals surface area contributed by atoms with E-state index in [9.17, 15) is 4.79 Å². The van der Waals surface area contributed by atoms with Gasteiger partial charge in [-0.25, -0.2) is 0 Å². The molecule has 4 nitrogen and oxygen atoms in total. The molecule has 0 bridgehead atoms. The number of hydrogen-bond acceptors (Lipinski definition) is 3. The molecule has 1 amide bonds. The van der Waals surface area contributed by atoms with Gasteiger partial charge in [0.25, 0.3) is 5.91 Å². The summed E-state index contributed by atoms with van der Waals surface area (Å²) in [5.41, 5.74) is 9.33. The van der Waals surface area contributed by atoms with Crippen LogP contribution in [0.5, 0.6) is 0 Å². The van der Waals surface area contributed by atoms with Crippen molar-refractivity contribution >= 4 is 34.6 Å². The van der Waals surface area contributed by atoms with Crippen LogP contribution < -0.4 is 16.0 Å². The van der Waals surface area contributed by atoms with Gasteiger partial charge in [0.05, 0.1) is 10.7 Å². The van der Waals surface area contributed by atoms with Crippen molar-refractivity contribution < 1.29 is 4.79 Å². The molecule has 0 aliphatic rings. The number of benzene rings is 2. The summed E-state index contributed by atoms with van der Waals surface area (Å²) in [5.74, 6) is -0.178. The van der Waals surface area contributed by atoms with Crippen LogP contribution in [0.1, 0.15) is 15.9 Å². The summed E-state index contributed by atoms with van der Waals surface area (Å²) >= 11 is 6.00. The number of anilines is 3. The number of amides is 1. The van der Waals surface area contributed by atoms with Crippen LogP contribution >= 0.6 is 11.6 Å². The molecule has 5 heteroatoms. The number of carbonyl (C=O) groups excluding carboxylic acids is 1. The molecule has 0 aliphatic carbocycles. The van der Waals surface area contributed by atoms with E-state index in [0.717, 1.165) is 11.3 Å². The second-order valence-electron chi connectivity index (χ2n) is 5.09. The van der Waals surface area contributed by atoms with Crippen molar-refractivity contribution in [1.82, 2.24) is 0 Å². The van der Waals surface area contributed by atoms with Gasteiger partial charge in [-0.3, -0.25) is 4.79 Å². The molecular weight excluding hydrogens is 286 g/mol. The largest absolute Gasteiger partial charge is 0.398 e. The summed E-state index contributed by atoms with van der Waals surface area (Å²) in [7, 11) is 3.86. The molecule has 21 heavy (non-hydrogen) atoms. The van der Waals surface area contributed by atoms with Crippen molar-refractivity contribution in [3.05, 3.63) is 52.5 Å². The van der Waals surface area contributed by atoms with Gasteiger partial charge in [-0.2, -0.15) is 0 Å². The van der Waals surface area contributed by atoms with Crippen LogP contribution in [-0.2, 0) is 0 Å². The van der Waals surface area contributed by atoms with E-state index in [0.29, 0.717) is 22.0 Å². The molecule has 0 fully saturated rings. The fourth-order valence-electron chi connectivity index (χ4n) is 1.96. The Labute approximate surface area is 129 Å². The second-order valence-corrected chi connectivity index (χ2v) is 5.49. The predicted octanol–water partition coefficient (Wildman–Crippen LogP) is 3.55. The molecule has 3 N–H and O–H groups in total. The van der Waals surface area contributed by atoms with Crippen LogP contribution in [0, 0.1) is 6.92 Å². The summed E-state index contributed by atoms with van der Waals surface area (Å²) in [4.78, 5) is 14.3. The molecule has 0 unspecified atom stereocenters. The third-order valence-corrected chi connectivity index (χ3v) is 3.54. The zero-order chi connectivity index (χ0) is 15.6. The van der Waals surface area contributed by atoms with E-state index in [1.807, 2.05) is 44.1 Å². The van der Waals surface area contributed by atoms with Crippen molar-refractivity contribution in [1.29, 1.82) is 0 Å². The number of carbonyl (C=O) groups is 1. The Morgan fingerprint density at radius 2 is 1.95 bits per heavy atom. The molecule has 110 valence electrons. The maximum absolute atomic E-state index is 12.3. The predicted molar refractivity (Wildman–Crippen MR) is 89.3 cm³/mol. The van der Waals surface area contributed by atoms with Crippen molar-refractivity contribution in [2.45, 2.75) is 6.92 Å². The first-order chi connectivity index (χ1) is 9.88. The first-order valence-electron chi connectivity index (χ1n) is 6.53. The minimum absolute atomic E-state index is 0.178. The SMILES string of the molecule is Cc1cc(N)c(Cl)cc1NC(=O)c1cccc(N(C)C)c1. The molecule has 0 radical (unpaired) electrons. The molecule has 0 atom stereocenters. The summed E-state index contributed by atoms with van der Waals surface area (Å²) in [6.45, 7) is 1.87. The van der Waals surface area contributed by atoms with Gasteiger partial charge >= 0.3 is 0 Å². The average Bonchev–Trinajstić information content (AvgIpc) is 2.44. The maximum Gasteiger partial charge on any atom is 0.255 e. The number of rotatable bonds is 3. The second kappa shape index (κ2) is 6.06. The van der Waals surface area contributed by atoms with Crippen LogP contribution in [0.4, 0.5) is 17.1 Å². The number of nitrogen functional groups attached to an aromatic ring is 1. The first-order valence-corrected chi connectivity index (χ1v) is 6.90. The van der Waals surface area contributed by atoms with Gasteiger partial charge in [0.15, 0.2) is 0 Å². The highest BCUT2D eigenvalue weighted by atomic mass is 35.5. The van der Waals surface area contributed by atoms with Crippen LogP contribution in [0.2, 0.25) is 5.02 Å². The van der Waals surface area contributed by atoms with Crippen molar-refractivity contribution in [2.75, 3.05) is 30.0 Å². The number of halogens is 1. The quantitative estimate of drug-likeness (QED) is 0.853. The van der Waals surface area contributed by atoms with Crippen LogP contribution in [0.15, 0.2) is 36.4 Å². The Morgan fingerprint density at radius 3 is 2.62 bits per heavy atom. The van der Waals surface area contributed by atoms with Crippen molar-refractivity contribution in [3.8, 4) is 0 Å². The van der Waals surface area contributed by atoms with E-state index in [4.69, 9.17) is 17.3 Å². The molecule has 2 rings (SSSR count). The van der Waals surface area contributed by atoms with Gasteiger partial charge in [0.2, 0.25) is 0 Å². The highest BCUT2D eigenvalue weighted by Gasteiger charge is 2.10. The van der Waals surface area contributed by atoms with E-state index in [2.05, 4.69) is 5.32 Å². The van der Waals surface area contributed by atoms with E-state index < -0.39 is 0 Å². The first kappa shape index (κ1) is 15.2. The standard InChI is InChI=1S/C16H18ClN3O/c1-10-7-14(18)13(17)9-15(10)19-16(21)11-5-4-6-12(8-11)20(2)3/h4-9H,18H2,1-3H3,(H,19,21). The highest BCUT2D eigenvalue weighted by Crippen LogP contribution is 2.27. The number of nitrogens with two attached hydrogens (primary N) is 1. The molecule has 2 aromatic rings. The van der Waals surface area contributed by atoms with E-state index in [1.165, 1.54) is 0 Å². The zero-order valence-corrected chi connectivity index (χ0v) is 13.0. The third-order valence-electron chi connectivity index (χ3n) is 3.22. The molecule has 0 saturated heterocycles. The number of hydrogen-bond donors (Lipinski definition) is 2. The molecule has 0 aliphatic heterocycles. The monoisotopic (exact) mass is 303 g/mol. The highest BCUT2D eigenvalue weighted by molar-refractivity contribution is 6.33. The Balaban J connectivity index is 2.26. The normalized spacial score (nSPS) is 10.3. The molecular formula is C16H18ClN3O. The minimum Gasteiger partial charge on any atom is -0.398 e. The lowest BCUT2D eigenvalue weighted by molar-refractivity contribution is 0.102. The van der Waals surface area contributed by atoms with Crippen LogP contribution in [0.25, 0.3) is 0 Å². The zero-order valence-electron chi connectivity index (χ0n) is 12.3. The van der Waals surface area contributed by atoms with Gasteiger partial charge in [0, 0.05) is 31.0 Å². The van der Waals surface area contributed by atoms with Gasteiger partial charge in [-0.1, -0.05) is 17.7 Å². The Morgan fingerprint density at radius 1 is 1.24 bits per heavy atom.